The highest BCUT2D eigenvalue weighted by atomic mass is 79.9. The fraction of sp³-hybridized carbons (Fsp3) is 0.548. The van der Waals surface area contributed by atoms with E-state index in [1.807, 2.05) is 180 Å². The van der Waals surface area contributed by atoms with E-state index in [0.29, 0.717) is 135 Å². The molecule has 3 N–H and O–H groups in total. The summed E-state index contributed by atoms with van der Waals surface area (Å²) in [6.07, 6.45) is 5.92. The highest BCUT2D eigenvalue weighted by molar-refractivity contribution is 9.09. The Kier molecular flexibility index (Phi) is 67.7. The zero-order valence-corrected chi connectivity index (χ0v) is 95.5. The Bertz CT molecular complexity index is 4830. The van der Waals surface area contributed by atoms with Crippen LogP contribution in [0.15, 0.2) is 243 Å². The lowest BCUT2D eigenvalue weighted by molar-refractivity contribution is -0.151. The van der Waals surface area contributed by atoms with Crippen LogP contribution < -0.4 is 0 Å². The molecule has 0 spiro atoms. The molecule has 1 amide bonds. The molecule has 0 bridgehead atoms. The number of halogens is 1. The van der Waals surface area contributed by atoms with E-state index in [1.165, 1.54) is 59.7 Å². The zero-order chi connectivity index (χ0) is 110. The summed E-state index contributed by atoms with van der Waals surface area (Å²) in [6, 6.07) is 80.9. The lowest BCUT2D eigenvalue weighted by Gasteiger charge is -2.33. The number of alkyl halides is 1. The fourth-order valence-electron chi connectivity index (χ4n) is 16.8. The van der Waals surface area contributed by atoms with Gasteiger partial charge in [-0.25, -0.2) is 0 Å². The van der Waals surface area contributed by atoms with Crippen LogP contribution in [0.5, 0.6) is 0 Å². The molecule has 8 aromatic rings. The van der Waals surface area contributed by atoms with E-state index in [0.717, 1.165) is 55.8 Å². The van der Waals surface area contributed by atoms with Crippen molar-refractivity contribution in [3.8, 4) is 0 Å². The number of aliphatic carboxylic acids is 1. The molecular formula is C126H184BrNO19. The molecule has 8 aromatic carbocycles. The first-order valence-electron chi connectivity index (χ1n) is 53.4. The van der Waals surface area contributed by atoms with E-state index >= 15 is 0 Å². The Labute approximate surface area is 893 Å². The van der Waals surface area contributed by atoms with Crippen molar-refractivity contribution in [1.29, 1.82) is 0 Å². The summed E-state index contributed by atoms with van der Waals surface area (Å²) in [7, 11) is 1.79. The molecule has 2 saturated heterocycles. The number of hydrogen-bond acceptors (Lipinski definition) is 18. The maximum atomic E-state index is 13.1. The van der Waals surface area contributed by atoms with Gasteiger partial charge in [0.1, 0.15) is 0 Å². The normalized spacial score (nSPS) is 15.8. The number of hydrogen-bond donors (Lipinski definition) is 3. The third-order valence-electron chi connectivity index (χ3n) is 28.0. The lowest BCUT2D eigenvalue weighted by atomic mass is 9.81. The maximum absolute atomic E-state index is 13.1. The number of carboxylic acids is 1. The summed E-state index contributed by atoms with van der Waals surface area (Å²) >= 11 is 3.54. The highest BCUT2D eigenvalue weighted by Gasteiger charge is 2.39. The van der Waals surface area contributed by atoms with Crippen molar-refractivity contribution < 1.29 is 91.6 Å². The van der Waals surface area contributed by atoms with Crippen LogP contribution in [0.1, 0.15) is 243 Å². The van der Waals surface area contributed by atoms with Gasteiger partial charge >= 0.3 is 47.8 Å². The second kappa shape index (κ2) is 75.1. The number of ether oxygens (including phenoxy) is 7. The number of aliphatic hydroxyl groups excluding tert-OH is 2. The topological polar surface area (TPSA) is 282 Å². The number of carboxylic acid groups (broad SMARTS) is 1. The molecule has 2 aliphatic heterocycles. The number of aliphatic hydroxyl groups is 2. The van der Waals surface area contributed by atoms with Crippen molar-refractivity contribution >= 4 is 69.6 Å². The summed E-state index contributed by atoms with van der Waals surface area (Å²) in [5, 5.41) is 29.2. The van der Waals surface area contributed by atoms with E-state index in [9.17, 15) is 48.3 Å². The van der Waals surface area contributed by atoms with Gasteiger partial charge in [0.15, 0.2) is 0 Å². The summed E-state index contributed by atoms with van der Waals surface area (Å²) in [4.78, 5) is 104. The summed E-state index contributed by atoms with van der Waals surface area (Å²) < 4.78 is 35.5. The van der Waals surface area contributed by atoms with E-state index in [1.54, 1.807) is 11.9 Å². The Balaban J connectivity index is 0.000000565. The quantitative estimate of drug-likeness (QED) is 0.0182. The van der Waals surface area contributed by atoms with Crippen molar-refractivity contribution in [2.75, 3.05) is 65.2 Å². The lowest BCUT2D eigenvalue weighted by Crippen LogP contribution is -2.44. The predicted octanol–water partition coefficient (Wildman–Crippen LogP) is 26.3. The smallest absolute Gasteiger partial charge is 0.309 e. The van der Waals surface area contributed by atoms with Gasteiger partial charge in [-0.15, -0.1) is 0 Å². The standard InChI is InChI=1S/C22H29NO2.C16H23BrO2.2C16H24O2.C14H18O2.C14H20O2.C12H18O.C9H16O4.C7H12O2/c1-16(2)20(15-18-11-7-5-8-12-18)22(25)23(4)17(3)21(24)19-13-9-6-10-14-19;1-4-19-16(18)14(15(11-17)12(2)3)10-13-8-6-5-7-9-13;1-12(2)13(3)16(11-18-14(4)17)10-15-8-6-5-7-9-15;1-5-18-16(17)15(13(4)12(2)3)11-14-9-7-6-8-10-14;1-10(2)13-9-16-14(15)12(13)8-11-6-4-3-5-7-11;1-11(2)14(10-16-12(3)15)9-13-7-5-4-6-8-13;1-10(2)12(9-13)8-11-6-4-3-5-7-11;1-6(2)8(4-9(11)12)5-13-7(3)10;1-5(2)6-3-7(8)9-4-6/h5-14,16-17,20-21,24H,15H2,1-4H3;5-9,12,14-15H,4,10-11H2,1-3H3;5-9,12-13,16H,10-11H2,1-4H3;6-10,12-13,15H,5,11H2,1-4H3;3-7,10,12-13H,8-9H2,1-2H3;4-8,11,14H,9-10H2,1-3H3;3-7,10,12-13H,8-9H2,1-2H3;6,8H,4-5H2,1-3H3,(H,11,12);5-6H,3-4H2,1-2H3/t17-,20-,21+;14?,15-;13-,16+;13-,15+;12-,13+;14-;12-;8-;6-/m011111111/s1. The molecule has 0 aliphatic carbocycles. The van der Waals surface area contributed by atoms with Crippen molar-refractivity contribution in [3.63, 3.8) is 0 Å². The van der Waals surface area contributed by atoms with Gasteiger partial charge in [-0.2, -0.15) is 0 Å². The van der Waals surface area contributed by atoms with Gasteiger partial charge in [0.05, 0.1) is 89.0 Å². The molecule has 21 heteroatoms. The number of likely N-dealkylation sites (N-methyl/N-ethyl adjacent to an activating group) is 1. The molecule has 147 heavy (non-hydrogen) atoms. The third kappa shape index (κ3) is 55.5. The second-order valence-corrected chi connectivity index (χ2v) is 42.9. The Morgan fingerprint density at radius 1 is 0.388 bits per heavy atom. The molecule has 814 valence electrons. The van der Waals surface area contributed by atoms with E-state index < -0.39 is 12.1 Å². The van der Waals surface area contributed by atoms with Crippen LogP contribution >= 0.6 is 15.9 Å². The van der Waals surface area contributed by atoms with E-state index in [2.05, 4.69) is 238 Å². The first-order valence-corrected chi connectivity index (χ1v) is 54.6. The average molecular weight is 2100 g/mol. The molecule has 0 radical (unpaired) electrons. The van der Waals surface area contributed by atoms with Gasteiger partial charge in [0, 0.05) is 63.4 Å². The number of carbonyl (C=O) groups excluding carboxylic acids is 8. The predicted molar refractivity (Wildman–Crippen MR) is 598 cm³/mol. The number of cyclic esters (lactones) is 2. The Morgan fingerprint density at radius 3 is 1.04 bits per heavy atom. The summed E-state index contributed by atoms with van der Waals surface area (Å²) in [5.74, 6) is 5.23. The molecule has 2 fully saturated rings. The average Bonchev–Trinajstić information content (AvgIpc) is 1.65. The van der Waals surface area contributed by atoms with Crippen LogP contribution in [0.4, 0.5) is 0 Å². The number of carbonyl (C=O) groups is 9. The molecule has 15 atom stereocenters. The molecule has 0 aromatic heterocycles. The Morgan fingerprint density at radius 2 is 0.728 bits per heavy atom. The minimum absolute atomic E-state index is 0.0254. The number of benzene rings is 8. The summed E-state index contributed by atoms with van der Waals surface area (Å²) in [5.41, 5.74) is 9.52. The molecule has 1 unspecified atom stereocenters. The Hall–Kier alpha value is -10.6. The van der Waals surface area contributed by atoms with Crippen LogP contribution in [0.2, 0.25) is 0 Å². The van der Waals surface area contributed by atoms with Crippen LogP contribution in [-0.4, -0.2) is 145 Å². The molecule has 2 aliphatic rings. The second-order valence-electron chi connectivity index (χ2n) is 42.2. The molecule has 20 nitrogen and oxygen atoms in total. The van der Waals surface area contributed by atoms with E-state index in [-0.39, 0.29) is 115 Å². The molecular weight excluding hydrogens is 1910 g/mol. The number of rotatable bonds is 44. The van der Waals surface area contributed by atoms with Crippen molar-refractivity contribution in [2.45, 2.75) is 250 Å². The maximum Gasteiger partial charge on any atom is 0.309 e. The number of esters is 7. The minimum Gasteiger partial charge on any atom is -0.481 e. The van der Waals surface area contributed by atoms with Crippen molar-refractivity contribution in [2.24, 2.45) is 130 Å². The van der Waals surface area contributed by atoms with Crippen LogP contribution in [0.25, 0.3) is 0 Å². The van der Waals surface area contributed by atoms with Gasteiger partial charge in [0.25, 0.3) is 0 Å². The SMILES string of the molecule is CC(=O)OC[C@@H](CC(=O)O)C(C)C.CC(=O)OC[C@@H](Cc1ccccc1)C(C)C.CC(=O)OC[C@H](Cc1ccccc1)[C@H](C)C(C)C.CC(C)[C@@H](CO)Cc1ccccc1.CC(C)[C@@H]1COC(=O)[C@@H]1Cc1ccccc1.CC(C)[C@H](Cc1ccccc1)C(=O)N(C)[C@@H](C)[C@@H](O)c1ccccc1.CC(C)[C@H]1COC(=O)C1.CCOC(=O)C(Cc1ccccc1)[C@H](CBr)C(C)C.CCOC(=O)[C@@H](Cc1ccccc1)[C@H](C)C(C)C. The van der Waals surface area contributed by atoms with Gasteiger partial charge < -0.3 is 53.4 Å². The fourth-order valence-corrected chi connectivity index (χ4v) is 18.0. The van der Waals surface area contributed by atoms with Crippen LogP contribution in [0, 0.1) is 130 Å². The highest BCUT2D eigenvalue weighted by Crippen LogP contribution is 2.35. The van der Waals surface area contributed by atoms with Crippen LogP contribution in [-0.2, 0) is 121 Å². The third-order valence-corrected chi connectivity index (χ3v) is 28.8. The van der Waals surface area contributed by atoms with Crippen molar-refractivity contribution in [3.05, 3.63) is 287 Å². The van der Waals surface area contributed by atoms with Gasteiger partial charge in [0.2, 0.25) is 5.91 Å². The monoisotopic (exact) mass is 2090 g/mol. The first kappa shape index (κ1) is 132. The number of nitrogens with zero attached hydrogens (tertiary/aromatic N) is 1. The number of amides is 1. The molecule has 2 heterocycles. The van der Waals surface area contributed by atoms with Gasteiger partial charge in [-0.3, -0.25) is 43.2 Å². The van der Waals surface area contributed by atoms with Crippen molar-refractivity contribution in [1.82, 2.24) is 4.90 Å². The van der Waals surface area contributed by atoms with Crippen LogP contribution in [0.3, 0.4) is 0 Å². The first-order chi connectivity index (χ1) is 69.7. The zero-order valence-electron chi connectivity index (χ0n) is 93.9. The van der Waals surface area contributed by atoms with Gasteiger partial charge in [-0.1, -0.05) is 397 Å². The van der Waals surface area contributed by atoms with Gasteiger partial charge in [-0.05, 0) is 199 Å². The summed E-state index contributed by atoms with van der Waals surface area (Å²) in [6.45, 7) is 56.1. The van der Waals surface area contributed by atoms with E-state index in [4.69, 9.17) is 43.4 Å². The minimum atomic E-state index is -0.856. The largest absolute Gasteiger partial charge is 0.481 e. The molecule has 10 rings (SSSR count). The molecule has 0 saturated carbocycles.